The third-order valence-corrected chi connectivity index (χ3v) is 3.38. The molecular formula is C18H23N5O3. The van der Waals surface area contributed by atoms with Crippen LogP contribution in [-0.2, 0) is 16.1 Å². The number of carbonyl (C=O) groups is 2. The maximum atomic E-state index is 12.0. The molecule has 8 nitrogen and oxygen atoms in total. The number of pyridine rings is 1. The van der Waals surface area contributed by atoms with E-state index in [0.29, 0.717) is 31.1 Å². The maximum absolute atomic E-state index is 12.0. The molecule has 0 spiro atoms. The fourth-order valence-corrected chi connectivity index (χ4v) is 2.11. The zero-order valence-electron chi connectivity index (χ0n) is 14.6. The molecule has 2 rings (SSSR count). The number of nitrogens with one attached hydrogen (secondary N) is 4. The van der Waals surface area contributed by atoms with E-state index < -0.39 is 0 Å². The first-order chi connectivity index (χ1) is 12.7. The second-order valence-electron chi connectivity index (χ2n) is 5.46. The summed E-state index contributed by atoms with van der Waals surface area (Å²) < 4.78 is 4.90. The molecular weight excluding hydrogens is 334 g/mol. The summed E-state index contributed by atoms with van der Waals surface area (Å²) in [5.74, 6) is -0.166. The number of hydrogen-bond donors (Lipinski definition) is 4. The molecule has 1 aromatic carbocycles. The number of urea groups is 1. The Bertz CT molecular complexity index is 709. The molecule has 0 aliphatic rings. The first kappa shape index (κ1) is 19.4. The molecule has 0 bridgehead atoms. The average molecular weight is 357 g/mol. The second kappa shape index (κ2) is 10.8. The van der Waals surface area contributed by atoms with Crippen molar-refractivity contribution in [2.75, 3.05) is 37.4 Å². The van der Waals surface area contributed by atoms with Gasteiger partial charge in [-0.05, 0) is 35.9 Å². The molecule has 0 radical (unpaired) electrons. The van der Waals surface area contributed by atoms with E-state index in [1.165, 1.54) is 0 Å². The molecule has 8 heteroatoms. The molecule has 0 saturated carbocycles. The number of ether oxygens (including phenoxy) is 1. The van der Waals surface area contributed by atoms with Gasteiger partial charge in [-0.1, -0.05) is 6.07 Å². The van der Waals surface area contributed by atoms with Gasteiger partial charge in [0.2, 0.25) is 5.91 Å². The van der Waals surface area contributed by atoms with Crippen molar-refractivity contribution in [1.82, 2.24) is 15.6 Å². The summed E-state index contributed by atoms with van der Waals surface area (Å²) in [4.78, 5) is 27.8. The Balaban J connectivity index is 1.78. The highest BCUT2D eigenvalue weighted by atomic mass is 16.5. The maximum Gasteiger partial charge on any atom is 0.319 e. The standard InChI is InChI=1S/C18H23N5O3/c1-26-10-9-20-13-17(24)22-15-3-2-4-16(11-15)23-18(25)21-12-14-5-7-19-8-6-14/h2-8,11,20H,9-10,12-13H2,1H3,(H,22,24)(H2,21,23,25). The fourth-order valence-electron chi connectivity index (χ4n) is 2.11. The Morgan fingerprint density at radius 3 is 2.54 bits per heavy atom. The van der Waals surface area contributed by atoms with Gasteiger partial charge in [0, 0.05) is 44.0 Å². The topological polar surface area (TPSA) is 104 Å². The van der Waals surface area contributed by atoms with E-state index in [1.54, 1.807) is 43.8 Å². The number of rotatable bonds is 9. The van der Waals surface area contributed by atoms with Gasteiger partial charge in [-0.15, -0.1) is 0 Å². The second-order valence-corrected chi connectivity index (χ2v) is 5.46. The molecule has 1 aromatic heterocycles. The number of nitrogens with zero attached hydrogens (tertiary/aromatic N) is 1. The summed E-state index contributed by atoms with van der Waals surface area (Å²) in [6, 6.07) is 10.3. The predicted molar refractivity (Wildman–Crippen MR) is 99.9 cm³/mol. The molecule has 0 atom stereocenters. The molecule has 26 heavy (non-hydrogen) atoms. The summed E-state index contributed by atoms with van der Waals surface area (Å²) in [5, 5.41) is 11.2. The zero-order valence-corrected chi connectivity index (χ0v) is 14.6. The lowest BCUT2D eigenvalue weighted by molar-refractivity contribution is -0.115. The summed E-state index contributed by atoms with van der Waals surface area (Å²) in [7, 11) is 1.60. The third-order valence-electron chi connectivity index (χ3n) is 3.38. The predicted octanol–water partition coefficient (Wildman–Crippen LogP) is 1.58. The molecule has 0 aliphatic heterocycles. The Morgan fingerprint density at radius 1 is 1.08 bits per heavy atom. The van der Waals surface area contributed by atoms with Gasteiger partial charge < -0.3 is 26.0 Å². The van der Waals surface area contributed by atoms with E-state index in [2.05, 4.69) is 26.3 Å². The highest BCUT2D eigenvalue weighted by Crippen LogP contribution is 2.14. The van der Waals surface area contributed by atoms with Gasteiger partial charge in [0.15, 0.2) is 0 Å². The third kappa shape index (κ3) is 7.29. The molecule has 3 amide bonds. The van der Waals surface area contributed by atoms with Crippen LogP contribution in [0.15, 0.2) is 48.8 Å². The van der Waals surface area contributed by atoms with Crippen LogP contribution in [-0.4, -0.2) is 43.7 Å². The summed E-state index contributed by atoms with van der Waals surface area (Å²) >= 11 is 0. The molecule has 2 aromatic rings. The number of benzene rings is 1. The van der Waals surface area contributed by atoms with Crippen LogP contribution < -0.4 is 21.3 Å². The number of anilines is 2. The minimum Gasteiger partial charge on any atom is -0.383 e. The fraction of sp³-hybridized carbons (Fsp3) is 0.278. The van der Waals surface area contributed by atoms with Crippen LogP contribution in [0, 0.1) is 0 Å². The molecule has 4 N–H and O–H groups in total. The number of amides is 3. The molecule has 1 heterocycles. The first-order valence-corrected chi connectivity index (χ1v) is 8.20. The largest absolute Gasteiger partial charge is 0.383 e. The van der Waals surface area contributed by atoms with Crippen molar-refractivity contribution in [2.45, 2.75) is 6.54 Å². The number of aromatic nitrogens is 1. The Labute approximate surface area is 152 Å². The SMILES string of the molecule is COCCNCC(=O)Nc1cccc(NC(=O)NCc2ccncc2)c1. The van der Waals surface area contributed by atoms with Gasteiger partial charge in [0.25, 0.3) is 0 Å². The van der Waals surface area contributed by atoms with E-state index in [-0.39, 0.29) is 18.5 Å². The van der Waals surface area contributed by atoms with Crippen molar-refractivity contribution in [1.29, 1.82) is 0 Å². The van der Waals surface area contributed by atoms with E-state index in [0.717, 1.165) is 5.56 Å². The van der Waals surface area contributed by atoms with Crippen molar-refractivity contribution in [3.8, 4) is 0 Å². The van der Waals surface area contributed by atoms with Gasteiger partial charge in [0.1, 0.15) is 0 Å². The molecule has 0 unspecified atom stereocenters. The van der Waals surface area contributed by atoms with Crippen LogP contribution in [0.25, 0.3) is 0 Å². The van der Waals surface area contributed by atoms with Crippen molar-refractivity contribution in [3.63, 3.8) is 0 Å². The summed E-state index contributed by atoms with van der Waals surface area (Å²) in [5.41, 5.74) is 2.15. The van der Waals surface area contributed by atoms with E-state index >= 15 is 0 Å². The summed E-state index contributed by atoms with van der Waals surface area (Å²) in [6.45, 7) is 1.73. The van der Waals surface area contributed by atoms with Gasteiger partial charge in [0.05, 0.1) is 13.2 Å². The van der Waals surface area contributed by atoms with E-state index in [9.17, 15) is 9.59 Å². The van der Waals surface area contributed by atoms with Gasteiger partial charge >= 0.3 is 6.03 Å². The van der Waals surface area contributed by atoms with Crippen LogP contribution in [0.5, 0.6) is 0 Å². The number of carbonyl (C=O) groups excluding carboxylic acids is 2. The Morgan fingerprint density at radius 2 is 1.81 bits per heavy atom. The zero-order chi connectivity index (χ0) is 18.6. The minimum absolute atomic E-state index is 0.166. The number of methoxy groups -OCH3 is 1. The van der Waals surface area contributed by atoms with Gasteiger partial charge in [-0.25, -0.2) is 4.79 Å². The van der Waals surface area contributed by atoms with E-state index in [1.807, 2.05) is 12.1 Å². The molecule has 0 saturated heterocycles. The molecule has 0 aliphatic carbocycles. The molecule has 138 valence electrons. The normalized spacial score (nSPS) is 10.2. The van der Waals surface area contributed by atoms with Crippen LogP contribution in [0.1, 0.15) is 5.56 Å². The van der Waals surface area contributed by atoms with Crippen molar-refractivity contribution < 1.29 is 14.3 Å². The van der Waals surface area contributed by atoms with Gasteiger partial charge in [-0.3, -0.25) is 9.78 Å². The average Bonchev–Trinajstić information content (AvgIpc) is 2.65. The monoisotopic (exact) mass is 357 g/mol. The number of hydrogen-bond acceptors (Lipinski definition) is 5. The Hall–Kier alpha value is -2.97. The highest BCUT2D eigenvalue weighted by Gasteiger charge is 2.05. The van der Waals surface area contributed by atoms with Crippen molar-refractivity contribution >= 4 is 23.3 Å². The Kier molecular flexibility index (Phi) is 8.04. The minimum atomic E-state index is -0.327. The van der Waals surface area contributed by atoms with Crippen molar-refractivity contribution in [2.24, 2.45) is 0 Å². The van der Waals surface area contributed by atoms with Gasteiger partial charge in [-0.2, -0.15) is 0 Å². The smallest absolute Gasteiger partial charge is 0.319 e. The lowest BCUT2D eigenvalue weighted by atomic mass is 10.2. The quantitative estimate of drug-likeness (QED) is 0.510. The van der Waals surface area contributed by atoms with E-state index in [4.69, 9.17) is 4.74 Å². The van der Waals surface area contributed by atoms with Crippen LogP contribution in [0.2, 0.25) is 0 Å². The summed E-state index contributed by atoms with van der Waals surface area (Å²) in [6.07, 6.45) is 3.34. The van der Waals surface area contributed by atoms with Crippen LogP contribution in [0.3, 0.4) is 0 Å². The lowest BCUT2D eigenvalue weighted by Gasteiger charge is -2.10. The van der Waals surface area contributed by atoms with Crippen LogP contribution in [0.4, 0.5) is 16.2 Å². The highest BCUT2D eigenvalue weighted by molar-refractivity contribution is 5.94. The molecule has 0 fully saturated rings. The van der Waals surface area contributed by atoms with Crippen LogP contribution >= 0.6 is 0 Å². The van der Waals surface area contributed by atoms with Crippen molar-refractivity contribution in [3.05, 3.63) is 54.4 Å². The first-order valence-electron chi connectivity index (χ1n) is 8.20. The lowest BCUT2D eigenvalue weighted by Crippen LogP contribution is -2.30.